The molecule has 2 aromatic rings. The summed E-state index contributed by atoms with van der Waals surface area (Å²) >= 11 is 1.06. The van der Waals surface area contributed by atoms with Crippen molar-refractivity contribution >= 4 is 17.0 Å². The molecule has 10 nitrogen and oxygen atoms in total. The lowest BCUT2D eigenvalue weighted by Crippen LogP contribution is -2.33. The number of nitrogens with zero attached hydrogens (tertiary/aromatic N) is 2. The summed E-state index contributed by atoms with van der Waals surface area (Å²) in [6.07, 6.45) is 0. The Morgan fingerprint density at radius 3 is 2.75 bits per heavy atom. The molecule has 11 heteroatoms. The summed E-state index contributed by atoms with van der Waals surface area (Å²) in [5, 5.41) is 20.4. The monoisotopic (exact) mass is 347 g/mol. The summed E-state index contributed by atoms with van der Waals surface area (Å²) < 4.78 is 5.16. The average molecular weight is 347 g/mol. The molecule has 0 radical (unpaired) electrons. The van der Waals surface area contributed by atoms with Gasteiger partial charge in [0.05, 0.1) is 21.3 Å². The highest BCUT2D eigenvalue weighted by atomic mass is 32.1. The van der Waals surface area contributed by atoms with E-state index in [1.165, 1.54) is 6.07 Å². The van der Waals surface area contributed by atoms with E-state index in [-0.39, 0.29) is 28.6 Å². The Balaban J connectivity index is 2.32. The molecule has 122 valence electrons. The van der Waals surface area contributed by atoms with Crippen LogP contribution in [0.15, 0.2) is 27.1 Å². The minimum atomic E-state index is -0.961. The summed E-state index contributed by atoms with van der Waals surface area (Å²) in [6.45, 7) is 1.56. The number of nitrogens with two attached hydrogens (primary N) is 1. The van der Waals surface area contributed by atoms with Crippen molar-refractivity contribution in [1.29, 1.82) is 5.26 Å². The fourth-order valence-corrected chi connectivity index (χ4v) is 3.61. The number of aromatic amines is 2. The first-order valence-electron chi connectivity index (χ1n) is 6.52. The van der Waals surface area contributed by atoms with Crippen LogP contribution < -0.4 is 21.7 Å². The smallest absolute Gasteiger partial charge is 0.328 e. The van der Waals surface area contributed by atoms with Crippen LogP contribution in [0.1, 0.15) is 21.2 Å². The Bertz CT molecular complexity index is 1050. The van der Waals surface area contributed by atoms with Gasteiger partial charge in [0.15, 0.2) is 0 Å². The van der Waals surface area contributed by atoms with E-state index in [9.17, 15) is 25.0 Å². The van der Waals surface area contributed by atoms with Gasteiger partial charge in [-0.25, -0.2) is 4.79 Å². The van der Waals surface area contributed by atoms with Crippen molar-refractivity contribution < 1.29 is 9.66 Å². The van der Waals surface area contributed by atoms with Gasteiger partial charge in [-0.2, -0.15) is 5.26 Å². The van der Waals surface area contributed by atoms with Gasteiger partial charge < -0.3 is 10.5 Å². The number of thiophene rings is 1. The number of nitro groups is 1. The van der Waals surface area contributed by atoms with Crippen LogP contribution in [0.25, 0.3) is 0 Å². The third kappa shape index (κ3) is 2.25. The molecule has 0 aromatic carbocycles. The third-order valence-electron chi connectivity index (χ3n) is 3.51. The summed E-state index contributed by atoms with van der Waals surface area (Å²) in [6, 6.07) is 3.15. The minimum absolute atomic E-state index is 0.0310. The Hall–Kier alpha value is -3.39. The minimum Gasteiger partial charge on any atom is -0.424 e. The van der Waals surface area contributed by atoms with Crippen molar-refractivity contribution in [3.8, 4) is 11.9 Å². The molecular formula is C13H9N5O5S. The van der Waals surface area contributed by atoms with E-state index < -0.39 is 22.1 Å². The first-order valence-corrected chi connectivity index (χ1v) is 7.34. The maximum Gasteiger partial charge on any atom is 0.328 e. The second-order valence-electron chi connectivity index (χ2n) is 4.92. The number of aromatic nitrogens is 2. The van der Waals surface area contributed by atoms with Crippen LogP contribution in [0.5, 0.6) is 5.88 Å². The quantitative estimate of drug-likeness (QED) is 0.526. The third-order valence-corrected chi connectivity index (χ3v) is 4.62. The fraction of sp³-hybridized carbons (Fsp3) is 0.154. The maximum atomic E-state index is 12.2. The van der Waals surface area contributed by atoms with Crippen LogP contribution in [0.3, 0.4) is 0 Å². The highest BCUT2D eigenvalue weighted by Gasteiger charge is 2.36. The molecule has 3 heterocycles. The molecule has 1 aliphatic rings. The largest absolute Gasteiger partial charge is 0.424 e. The number of H-pyrrole nitrogens is 2. The van der Waals surface area contributed by atoms with Gasteiger partial charge in [0.1, 0.15) is 11.6 Å². The topological polar surface area (TPSA) is 168 Å². The van der Waals surface area contributed by atoms with Crippen LogP contribution >= 0.6 is 11.3 Å². The van der Waals surface area contributed by atoms with Crippen LogP contribution in [0.4, 0.5) is 5.69 Å². The number of nitrogens with one attached hydrogen (secondary N) is 2. The molecule has 0 saturated carbocycles. The van der Waals surface area contributed by atoms with Crippen LogP contribution in [-0.4, -0.2) is 14.9 Å². The number of allylic oxidation sites excluding steroid dienone is 1. The molecule has 2 aromatic heterocycles. The number of nitriles is 1. The Morgan fingerprint density at radius 1 is 1.46 bits per heavy atom. The highest BCUT2D eigenvalue weighted by Crippen LogP contribution is 2.43. The number of hydrogen-bond donors (Lipinski definition) is 3. The lowest BCUT2D eigenvalue weighted by atomic mass is 9.90. The standard InChI is InChI=1S/C13H9N5O5S/c1-4-6(18(21)22)2-7(24-4)8-5(3-14)10(15)23-12-9(8)11(19)16-13(20)17-12/h2,8H,15H2,1H3,(H2,16,17,19,20)/t8-/m1/s1. The number of aryl methyl sites for hydroxylation is 1. The Morgan fingerprint density at radius 2 is 2.17 bits per heavy atom. The van der Waals surface area contributed by atoms with Crippen molar-refractivity contribution in [2.24, 2.45) is 5.73 Å². The summed E-state index contributed by atoms with van der Waals surface area (Å²) in [4.78, 5) is 39.3. The molecule has 0 aliphatic carbocycles. The molecule has 24 heavy (non-hydrogen) atoms. The maximum absolute atomic E-state index is 12.2. The molecule has 0 amide bonds. The molecule has 0 bridgehead atoms. The van der Waals surface area contributed by atoms with Gasteiger partial charge in [-0.05, 0) is 6.92 Å². The molecule has 3 rings (SSSR count). The van der Waals surface area contributed by atoms with Gasteiger partial charge in [-0.3, -0.25) is 24.9 Å². The molecular weight excluding hydrogens is 338 g/mol. The zero-order chi connectivity index (χ0) is 17.6. The molecule has 0 fully saturated rings. The lowest BCUT2D eigenvalue weighted by molar-refractivity contribution is -0.385. The summed E-state index contributed by atoms with van der Waals surface area (Å²) in [5.41, 5.74) is 3.94. The van der Waals surface area contributed by atoms with E-state index in [0.717, 1.165) is 11.3 Å². The molecule has 0 saturated heterocycles. The summed E-state index contributed by atoms with van der Waals surface area (Å²) in [7, 11) is 0. The Kier molecular flexibility index (Phi) is 3.46. The number of fused-ring (bicyclic) bond motifs is 1. The van der Waals surface area contributed by atoms with E-state index in [0.29, 0.717) is 9.75 Å². The number of rotatable bonds is 2. The molecule has 0 spiro atoms. The van der Waals surface area contributed by atoms with Crippen molar-refractivity contribution in [2.75, 3.05) is 0 Å². The lowest BCUT2D eigenvalue weighted by Gasteiger charge is -2.23. The van der Waals surface area contributed by atoms with Crippen molar-refractivity contribution in [3.05, 3.63) is 63.8 Å². The van der Waals surface area contributed by atoms with Crippen LogP contribution in [0.2, 0.25) is 0 Å². The van der Waals surface area contributed by atoms with Crippen LogP contribution in [0, 0.1) is 28.4 Å². The fourth-order valence-electron chi connectivity index (χ4n) is 2.49. The van der Waals surface area contributed by atoms with Gasteiger partial charge >= 0.3 is 5.69 Å². The average Bonchev–Trinajstić information content (AvgIpc) is 2.87. The van der Waals surface area contributed by atoms with Crippen molar-refractivity contribution in [1.82, 2.24) is 9.97 Å². The predicted octanol–water partition coefficient (Wildman–Crippen LogP) is 0.560. The first-order chi connectivity index (χ1) is 11.3. The van der Waals surface area contributed by atoms with Gasteiger partial charge in [0.25, 0.3) is 11.2 Å². The van der Waals surface area contributed by atoms with E-state index in [1.54, 1.807) is 6.92 Å². The highest BCUT2D eigenvalue weighted by molar-refractivity contribution is 7.12. The number of hydrogen-bond acceptors (Lipinski definition) is 8. The molecule has 1 aliphatic heterocycles. The SMILES string of the molecule is Cc1sc([C@H]2C(C#N)=C(N)Oc3[nH]c(=O)[nH]c(=O)c32)cc1[N+](=O)[O-]. The second-order valence-corrected chi connectivity index (χ2v) is 6.21. The van der Waals surface area contributed by atoms with Gasteiger partial charge in [-0.1, -0.05) is 0 Å². The first kappa shape index (κ1) is 15.5. The van der Waals surface area contributed by atoms with E-state index in [2.05, 4.69) is 9.97 Å². The van der Waals surface area contributed by atoms with Gasteiger partial charge in [-0.15, -0.1) is 11.3 Å². The predicted molar refractivity (Wildman–Crippen MR) is 82.7 cm³/mol. The Labute approximate surface area is 137 Å². The van der Waals surface area contributed by atoms with Gasteiger partial charge in [0, 0.05) is 10.9 Å². The van der Waals surface area contributed by atoms with E-state index in [4.69, 9.17) is 10.5 Å². The summed E-state index contributed by atoms with van der Waals surface area (Å²) in [5.74, 6) is -1.42. The molecule has 4 N–H and O–H groups in total. The molecule has 0 unspecified atom stereocenters. The second kappa shape index (κ2) is 5.36. The van der Waals surface area contributed by atoms with Crippen molar-refractivity contribution in [2.45, 2.75) is 12.8 Å². The van der Waals surface area contributed by atoms with Gasteiger partial charge in [0.2, 0.25) is 11.8 Å². The molecule has 1 atom stereocenters. The van der Waals surface area contributed by atoms with E-state index >= 15 is 0 Å². The number of ether oxygens (including phenoxy) is 1. The van der Waals surface area contributed by atoms with Crippen LogP contribution in [-0.2, 0) is 0 Å². The zero-order valence-electron chi connectivity index (χ0n) is 12.1. The normalized spacial score (nSPS) is 16.2. The van der Waals surface area contributed by atoms with Crippen molar-refractivity contribution in [3.63, 3.8) is 0 Å². The van der Waals surface area contributed by atoms with E-state index in [1.807, 2.05) is 6.07 Å². The zero-order valence-corrected chi connectivity index (χ0v) is 12.9.